The summed E-state index contributed by atoms with van der Waals surface area (Å²) in [4.78, 5) is 11.9. The highest BCUT2D eigenvalue weighted by atomic mass is 35.5. The molecule has 0 saturated heterocycles. The molecule has 126 valence electrons. The highest BCUT2D eigenvalue weighted by molar-refractivity contribution is 6.31. The number of para-hydroxylation sites is 1. The molecule has 3 rings (SSSR count). The van der Waals surface area contributed by atoms with Crippen molar-refractivity contribution in [3.63, 3.8) is 0 Å². The minimum atomic E-state index is -0.485. The fourth-order valence-electron chi connectivity index (χ4n) is 2.24. The molecule has 3 nitrogen and oxygen atoms in total. The molecule has 0 aliphatic rings. The van der Waals surface area contributed by atoms with E-state index in [9.17, 15) is 9.18 Å². The molecule has 0 aliphatic heterocycles. The zero-order valence-electron chi connectivity index (χ0n) is 13.4. The van der Waals surface area contributed by atoms with Gasteiger partial charge in [0.25, 0.3) is 0 Å². The van der Waals surface area contributed by atoms with E-state index in [-0.39, 0.29) is 5.69 Å². The Kier molecular flexibility index (Phi) is 5.00. The van der Waals surface area contributed by atoms with Crippen LogP contribution >= 0.6 is 11.6 Å². The van der Waals surface area contributed by atoms with Gasteiger partial charge in [-0.25, -0.2) is 4.39 Å². The van der Waals surface area contributed by atoms with E-state index in [0.29, 0.717) is 16.5 Å². The summed E-state index contributed by atoms with van der Waals surface area (Å²) < 4.78 is 19.2. The molecule has 0 saturated carbocycles. The van der Waals surface area contributed by atoms with Crippen LogP contribution in [0.25, 0.3) is 17.4 Å². The van der Waals surface area contributed by atoms with Gasteiger partial charge in [-0.2, -0.15) is 0 Å². The second kappa shape index (κ2) is 7.36. The molecule has 0 unspecified atom stereocenters. The van der Waals surface area contributed by atoms with Gasteiger partial charge in [0.15, 0.2) is 0 Å². The maximum Gasteiger partial charge on any atom is 0.248 e. The number of halogens is 2. The summed E-state index contributed by atoms with van der Waals surface area (Å²) >= 11 is 6.12. The number of amides is 1. The predicted molar refractivity (Wildman–Crippen MR) is 98.0 cm³/mol. The first-order chi connectivity index (χ1) is 12.0. The Bertz CT molecular complexity index is 946. The number of rotatable bonds is 4. The lowest BCUT2D eigenvalue weighted by Crippen LogP contribution is -2.08. The molecule has 2 aromatic carbocycles. The summed E-state index contributed by atoms with van der Waals surface area (Å²) in [5.74, 6) is 0.230. The summed E-state index contributed by atoms with van der Waals surface area (Å²) in [6, 6.07) is 15.2. The van der Waals surface area contributed by atoms with E-state index in [4.69, 9.17) is 16.0 Å². The van der Waals surface area contributed by atoms with Crippen molar-refractivity contribution in [3.8, 4) is 11.3 Å². The number of hydrogen-bond acceptors (Lipinski definition) is 2. The Morgan fingerprint density at radius 2 is 1.96 bits per heavy atom. The summed E-state index contributed by atoms with van der Waals surface area (Å²) in [5.41, 5.74) is 1.97. The van der Waals surface area contributed by atoms with Gasteiger partial charge in [0.05, 0.1) is 5.69 Å². The molecular formula is C20H15ClFNO2. The Morgan fingerprint density at radius 3 is 2.72 bits per heavy atom. The Labute approximate surface area is 149 Å². The summed E-state index contributed by atoms with van der Waals surface area (Å²) in [6.07, 6.45) is 2.81. The molecular weight excluding hydrogens is 341 g/mol. The van der Waals surface area contributed by atoms with Crippen molar-refractivity contribution in [2.45, 2.75) is 6.92 Å². The molecule has 3 aromatic rings. The van der Waals surface area contributed by atoms with E-state index in [0.717, 1.165) is 11.1 Å². The maximum atomic E-state index is 13.5. The van der Waals surface area contributed by atoms with Gasteiger partial charge < -0.3 is 9.73 Å². The van der Waals surface area contributed by atoms with Crippen LogP contribution in [-0.4, -0.2) is 5.91 Å². The quantitative estimate of drug-likeness (QED) is 0.610. The van der Waals surface area contributed by atoms with Gasteiger partial charge in [-0.3, -0.25) is 4.79 Å². The molecule has 0 fully saturated rings. The molecule has 0 atom stereocenters. The number of nitrogens with one attached hydrogen (secondary N) is 1. The van der Waals surface area contributed by atoms with Gasteiger partial charge in [0.1, 0.15) is 17.3 Å². The van der Waals surface area contributed by atoms with Crippen LogP contribution in [-0.2, 0) is 4.79 Å². The van der Waals surface area contributed by atoms with Gasteiger partial charge in [-0.05, 0) is 48.9 Å². The van der Waals surface area contributed by atoms with Gasteiger partial charge in [-0.1, -0.05) is 35.9 Å². The Hall–Kier alpha value is -2.85. The molecule has 0 spiro atoms. The highest BCUT2D eigenvalue weighted by Gasteiger charge is 2.06. The molecule has 0 radical (unpaired) electrons. The lowest BCUT2D eigenvalue weighted by Gasteiger charge is -2.02. The van der Waals surface area contributed by atoms with Gasteiger partial charge >= 0.3 is 0 Å². The largest absolute Gasteiger partial charge is 0.457 e. The minimum Gasteiger partial charge on any atom is -0.457 e. The minimum absolute atomic E-state index is 0.131. The number of hydrogen-bond donors (Lipinski definition) is 1. The fraction of sp³-hybridized carbons (Fsp3) is 0.0500. The fourth-order valence-corrected chi connectivity index (χ4v) is 2.42. The second-order valence-electron chi connectivity index (χ2n) is 5.47. The zero-order valence-corrected chi connectivity index (χ0v) is 14.2. The van der Waals surface area contributed by atoms with Crippen LogP contribution in [0.5, 0.6) is 0 Å². The first-order valence-corrected chi connectivity index (χ1v) is 8.01. The molecule has 1 amide bonds. The second-order valence-corrected chi connectivity index (χ2v) is 5.88. The van der Waals surface area contributed by atoms with Gasteiger partial charge in [-0.15, -0.1) is 0 Å². The molecule has 0 bridgehead atoms. The van der Waals surface area contributed by atoms with Crippen LogP contribution in [0.2, 0.25) is 5.02 Å². The lowest BCUT2D eigenvalue weighted by molar-refractivity contribution is -0.111. The van der Waals surface area contributed by atoms with Crippen molar-refractivity contribution in [2.75, 3.05) is 5.32 Å². The van der Waals surface area contributed by atoms with Crippen molar-refractivity contribution in [1.82, 2.24) is 0 Å². The SMILES string of the molecule is Cc1ccc(-c2ccc(C=CC(=O)Nc3ccccc3F)o2)cc1Cl. The monoisotopic (exact) mass is 355 g/mol. The van der Waals surface area contributed by atoms with Crippen LogP contribution in [0.3, 0.4) is 0 Å². The van der Waals surface area contributed by atoms with E-state index in [1.54, 1.807) is 24.3 Å². The van der Waals surface area contributed by atoms with E-state index in [1.807, 2.05) is 25.1 Å². The standard InChI is InChI=1S/C20H15ClFNO2/c1-13-6-7-14(12-16(13)21)19-10-8-15(25-19)9-11-20(24)23-18-5-3-2-4-17(18)22/h2-12H,1H3,(H,23,24). The molecule has 1 heterocycles. The average molecular weight is 356 g/mol. The van der Waals surface area contributed by atoms with Crippen molar-refractivity contribution in [2.24, 2.45) is 0 Å². The highest BCUT2D eigenvalue weighted by Crippen LogP contribution is 2.27. The van der Waals surface area contributed by atoms with Crippen molar-refractivity contribution >= 4 is 29.3 Å². The third kappa shape index (κ3) is 4.17. The van der Waals surface area contributed by atoms with Crippen molar-refractivity contribution in [1.29, 1.82) is 0 Å². The van der Waals surface area contributed by atoms with Crippen LogP contribution in [0.1, 0.15) is 11.3 Å². The normalized spacial score (nSPS) is 11.0. The van der Waals surface area contributed by atoms with E-state index in [1.165, 1.54) is 24.3 Å². The maximum absolute atomic E-state index is 13.5. The van der Waals surface area contributed by atoms with Crippen LogP contribution in [0, 0.1) is 12.7 Å². The molecule has 5 heteroatoms. The lowest BCUT2D eigenvalue weighted by atomic mass is 10.1. The smallest absolute Gasteiger partial charge is 0.248 e. The number of aryl methyl sites for hydroxylation is 1. The number of anilines is 1. The van der Waals surface area contributed by atoms with E-state index in [2.05, 4.69) is 5.32 Å². The van der Waals surface area contributed by atoms with Gasteiger partial charge in [0, 0.05) is 16.7 Å². The topological polar surface area (TPSA) is 42.2 Å². The van der Waals surface area contributed by atoms with Crippen LogP contribution in [0.15, 0.2) is 65.1 Å². The molecule has 1 N–H and O–H groups in total. The summed E-state index contributed by atoms with van der Waals surface area (Å²) in [6.45, 7) is 1.93. The van der Waals surface area contributed by atoms with Crippen molar-refractivity contribution < 1.29 is 13.6 Å². The third-order valence-electron chi connectivity index (χ3n) is 3.61. The van der Waals surface area contributed by atoms with E-state index < -0.39 is 11.7 Å². The van der Waals surface area contributed by atoms with E-state index >= 15 is 0 Å². The van der Waals surface area contributed by atoms with Crippen LogP contribution in [0.4, 0.5) is 10.1 Å². The molecule has 25 heavy (non-hydrogen) atoms. The average Bonchev–Trinajstić information content (AvgIpc) is 3.07. The Morgan fingerprint density at radius 1 is 1.16 bits per heavy atom. The first-order valence-electron chi connectivity index (χ1n) is 7.63. The van der Waals surface area contributed by atoms with Gasteiger partial charge in [0.2, 0.25) is 5.91 Å². The molecule has 0 aliphatic carbocycles. The summed E-state index contributed by atoms with van der Waals surface area (Å²) in [5, 5.41) is 3.14. The third-order valence-corrected chi connectivity index (χ3v) is 4.02. The summed E-state index contributed by atoms with van der Waals surface area (Å²) in [7, 11) is 0. The predicted octanol–water partition coefficient (Wildman–Crippen LogP) is 5.70. The zero-order chi connectivity index (χ0) is 17.8. The number of benzene rings is 2. The first kappa shape index (κ1) is 17.0. The number of carbonyl (C=O) groups excluding carboxylic acids is 1. The number of furan rings is 1. The van der Waals surface area contributed by atoms with Crippen molar-refractivity contribution in [3.05, 3.63) is 82.8 Å². The Balaban J connectivity index is 1.70. The number of carbonyl (C=O) groups is 1. The molecule has 1 aromatic heterocycles. The van der Waals surface area contributed by atoms with Crippen LogP contribution < -0.4 is 5.32 Å².